The number of aliphatic hydroxyl groups is 2. The molecule has 0 saturated carbocycles. The molecule has 1 aliphatic rings. The number of aliphatic hydroxyl groups excluding tert-OH is 2. The zero-order chi connectivity index (χ0) is 19.4. The Bertz CT molecular complexity index is 825. The molecule has 2 aromatic carbocycles. The maximum absolute atomic E-state index is 12.5. The first-order chi connectivity index (χ1) is 13.0. The fraction of sp³-hybridized carbons (Fsp3) is 0.300. The summed E-state index contributed by atoms with van der Waals surface area (Å²) in [6.07, 6.45) is -2.93. The molecule has 3 N–H and O–H groups in total. The van der Waals surface area contributed by atoms with Gasteiger partial charge in [-0.05, 0) is 35.2 Å². The van der Waals surface area contributed by atoms with E-state index in [0.29, 0.717) is 19.5 Å². The Morgan fingerprint density at radius 3 is 2.41 bits per heavy atom. The summed E-state index contributed by atoms with van der Waals surface area (Å²) in [7, 11) is 0. The summed E-state index contributed by atoms with van der Waals surface area (Å²) in [5, 5.41) is 22.8. The summed E-state index contributed by atoms with van der Waals surface area (Å²) in [6.45, 7) is 1.00. The smallest absolute Gasteiger partial charge is 0.255 e. The Hall–Kier alpha value is -2.22. The zero-order valence-electron chi connectivity index (χ0n) is 14.6. The van der Waals surface area contributed by atoms with Crippen molar-refractivity contribution in [2.75, 3.05) is 6.54 Å². The van der Waals surface area contributed by atoms with Gasteiger partial charge in [-0.15, -0.1) is 0 Å². The molecule has 0 aliphatic carbocycles. The highest BCUT2D eigenvalue weighted by Gasteiger charge is 2.34. The zero-order valence-corrected chi connectivity index (χ0v) is 16.2. The van der Waals surface area contributed by atoms with Crippen molar-refractivity contribution in [3.8, 4) is 0 Å². The van der Waals surface area contributed by atoms with Crippen LogP contribution in [0.4, 0.5) is 0 Å². The van der Waals surface area contributed by atoms with Crippen molar-refractivity contribution in [1.82, 2.24) is 10.2 Å². The first kappa shape index (κ1) is 19.5. The summed E-state index contributed by atoms with van der Waals surface area (Å²) in [5.74, 6) is -1.42. The molecule has 0 fully saturated rings. The monoisotopic (exact) mass is 432 g/mol. The van der Waals surface area contributed by atoms with Crippen molar-refractivity contribution in [1.29, 1.82) is 0 Å². The normalized spacial score (nSPS) is 15.6. The van der Waals surface area contributed by atoms with E-state index >= 15 is 0 Å². The highest BCUT2D eigenvalue weighted by Crippen LogP contribution is 2.19. The van der Waals surface area contributed by atoms with Crippen LogP contribution in [0.3, 0.4) is 0 Å². The lowest BCUT2D eigenvalue weighted by atomic mass is 9.99. The molecule has 1 aliphatic heterocycles. The van der Waals surface area contributed by atoms with E-state index in [-0.39, 0.29) is 6.54 Å². The highest BCUT2D eigenvalue weighted by atomic mass is 79.9. The third-order valence-electron chi connectivity index (χ3n) is 4.64. The summed E-state index contributed by atoms with van der Waals surface area (Å²) in [6, 6.07) is 15.1. The lowest BCUT2D eigenvalue weighted by Gasteiger charge is -2.31. The van der Waals surface area contributed by atoms with E-state index in [4.69, 9.17) is 0 Å². The summed E-state index contributed by atoms with van der Waals surface area (Å²) >= 11 is 3.33. The highest BCUT2D eigenvalue weighted by molar-refractivity contribution is 9.10. The molecule has 0 spiro atoms. The van der Waals surface area contributed by atoms with Gasteiger partial charge in [0.15, 0.2) is 12.2 Å². The minimum Gasteiger partial charge on any atom is -0.380 e. The Balaban J connectivity index is 1.56. The van der Waals surface area contributed by atoms with E-state index in [1.54, 1.807) is 0 Å². The van der Waals surface area contributed by atoms with Gasteiger partial charge in [-0.25, -0.2) is 0 Å². The van der Waals surface area contributed by atoms with Crippen molar-refractivity contribution in [2.24, 2.45) is 0 Å². The molecule has 0 radical (unpaired) electrons. The molecule has 2 atom stereocenters. The van der Waals surface area contributed by atoms with Crippen LogP contribution in [0.2, 0.25) is 0 Å². The fourth-order valence-corrected chi connectivity index (χ4v) is 3.31. The summed E-state index contributed by atoms with van der Waals surface area (Å²) in [4.78, 5) is 26.1. The van der Waals surface area contributed by atoms with Crippen LogP contribution in [-0.4, -0.2) is 45.7 Å². The van der Waals surface area contributed by atoms with Gasteiger partial charge in [0.25, 0.3) is 11.8 Å². The van der Waals surface area contributed by atoms with E-state index in [1.165, 1.54) is 10.5 Å². The second-order valence-corrected chi connectivity index (χ2v) is 7.43. The van der Waals surface area contributed by atoms with Gasteiger partial charge in [-0.1, -0.05) is 52.3 Å². The van der Waals surface area contributed by atoms with Gasteiger partial charge < -0.3 is 20.4 Å². The third kappa shape index (κ3) is 4.74. The topological polar surface area (TPSA) is 89.9 Å². The minimum atomic E-state index is -1.81. The molecule has 0 saturated heterocycles. The van der Waals surface area contributed by atoms with Crippen molar-refractivity contribution in [3.05, 3.63) is 69.7 Å². The molecule has 1 heterocycles. The number of carbonyl (C=O) groups excluding carboxylic acids is 2. The number of benzene rings is 2. The summed E-state index contributed by atoms with van der Waals surface area (Å²) in [5.41, 5.74) is 3.02. The Morgan fingerprint density at radius 2 is 1.70 bits per heavy atom. The maximum Gasteiger partial charge on any atom is 0.255 e. The molecular formula is C20H21BrN2O4. The number of hydrogen-bond donors (Lipinski definition) is 3. The molecule has 0 unspecified atom stereocenters. The average Bonchev–Trinajstić information content (AvgIpc) is 2.71. The van der Waals surface area contributed by atoms with E-state index in [1.807, 2.05) is 48.5 Å². The van der Waals surface area contributed by atoms with Gasteiger partial charge >= 0.3 is 0 Å². The number of amides is 2. The average molecular weight is 433 g/mol. The number of fused-ring (bicyclic) bond motifs is 1. The molecule has 3 rings (SSSR count). The molecule has 0 bridgehead atoms. The van der Waals surface area contributed by atoms with Crippen LogP contribution in [0.15, 0.2) is 53.0 Å². The Labute approximate surface area is 165 Å². The largest absolute Gasteiger partial charge is 0.380 e. The van der Waals surface area contributed by atoms with Gasteiger partial charge in [-0.2, -0.15) is 0 Å². The van der Waals surface area contributed by atoms with Crippen LogP contribution in [0.5, 0.6) is 0 Å². The van der Waals surface area contributed by atoms with E-state index < -0.39 is 24.0 Å². The van der Waals surface area contributed by atoms with Crippen molar-refractivity contribution in [2.45, 2.75) is 31.7 Å². The van der Waals surface area contributed by atoms with Gasteiger partial charge in [-0.3, -0.25) is 9.59 Å². The van der Waals surface area contributed by atoms with Crippen LogP contribution in [0.25, 0.3) is 0 Å². The second-order valence-electron chi connectivity index (χ2n) is 6.51. The third-order valence-corrected chi connectivity index (χ3v) is 5.17. The summed E-state index contributed by atoms with van der Waals surface area (Å²) < 4.78 is 0.918. The van der Waals surface area contributed by atoms with Gasteiger partial charge in [0, 0.05) is 24.1 Å². The Morgan fingerprint density at radius 1 is 1.04 bits per heavy atom. The van der Waals surface area contributed by atoms with Gasteiger partial charge in [0.2, 0.25) is 0 Å². The van der Waals surface area contributed by atoms with Crippen LogP contribution < -0.4 is 5.32 Å². The second kappa shape index (κ2) is 8.65. The first-order valence-electron chi connectivity index (χ1n) is 8.69. The number of nitrogens with one attached hydrogen (secondary N) is 1. The molecule has 2 amide bonds. The predicted octanol–water partition coefficient (Wildman–Crippen LogP) is 1.37. The van der Waals surface area contributed by atoms with Crippen LogP contribution in [0, 0.1) is 0 Å². The molecule has 27 heavy (non-hydrogen) atoms. The van der Waals surface area contributed by atoms with E-state index in [0.717, 1.165) is 15.6 Å². The van der Waals surface area contributed by atoms with Crippen LogP contribution in [-0.2, 0) is 29.1 Å². The number of hydrogen-bond acceptors (Lipinski definition) is 4. The van der Waals surface area contributed by atoms with E-state index in [2.05, 4.69) is 21.2 Å². The van der Waals surface area contributed by atoms with Crippen LogP contribution >= 0.6 is 15.9 Å². The van der Waals surface area contributed by atoms with Crippen molar-refractivity contribution < 1.29 is 19.8 Å². The SMILES string of the molecule is O=C(NCc1ccc(Br)cc1)[C@H](O)[C@@H](O)C(=O)N1CCc2ccccc2C1. The van der Waals surface area contributed by atoms with E-state index in [9.17, 15) is 19.8 Å². The number of carbonyl (C=O) groups is 2. The lowest BCUT2D eigenvalue weighted by molar-refractivity contribution is -0.153. The first-order valence-corrected chi connectivity index (χ1v) is 9.49. The Kier molecular flexibility index (Phi) is 6.26. The van der Waals surface area contributed by atoms with Crippen molar-refractivity contribution >= 4 is 27.7 Å². The molecule has 142 valence electrons. The number of nitrogens with zero attached hydrogens (tertiary/aromatic N) is 1. The molecule has 0 aromatic heterocycles. The number of halogens is 1. The van der Waals surface area contributed by atoms with Gasteiger partial charge in [0.1, 0.15) is 0 Å². The predicted molar refractivity (Wildman–Crippen MR) is 104 cm³/mol. The molecule has 7 heteroatoms. The van der Waals surface area contributed by atoms with Crippen molar-refractivity contribution in [3.63, 3.8) is 0 Å². The fourth-order valence-electron chi connectivity index (χ4n) is 3.05. The quantitative estimate of drug-likeness (QED) is 0.665. The van der Waals surface area contributed by atoms with Gasteiger partial charge in [0.05, 0.1) is 0 Å². The minimum absolute atomic E-state index is 0.196. The maximum atomic E-state index is 12.5. The molecule has 2 aromatic rings. The number of rotatable bonds is 5. The van der Waals surface area contributed by atoms with Crippen LogP contribution in [0.1, 0.15) is 16.7 Å². The molecule has 6 nitrogen and oxygen atoms in total. The molecular weight excluding hydrogens is 412 g/mol. The standard InChI is InChI=1S/C20H21BrN2O4/c21-16-7-5-13(6-8-16)11-22-19(26)17(24)18(25)20(27)23-10-9-14-3-1-2-4-15(14)12-23/h1-8,17-18,24-25H,9-12H2,(H,22,26)/t17-,18-/m1/s1. The lowest BCUT2D eigenvalue weighted by Crippen LogP contribution is -2.51.